The van der Waals surface area contributed by atoms with Gasteiger partial charge in [0.2, 0.25) is 0 Å². The van der Waals surface area contributed by atoms with Crippen molar-refractivity contribution in [1.29, 1.82) is 0 Å². The molecule has 0 saturated carbocycles. The molecule has 0 aromatic heterocycles. The predicted molar refractivity (Wildman–Crippen MR) is 75.6 cm³/mol. The van der Waals surface area contributed by atoms with Crippen LogP contribution in [0, 0.1) is 5.41 Å². The van der Waals surface area contributed by atoms with Crippen LogP contribution in [0.2, 0.25) is 0 Å². The molecule has 3 heterocycles. The van der Waals surface area contributed by atoms with Crippen LogP contribution >= 0.6 is 0 Å². The second-order valence-corrected chi connectivity index (χ2v) is 8.46. The van der Waals surface area contributed by atoms with Crippen LogP contribution in [0.15, 0.2) is 0 Å². The van der Waals surface area contributed by atoms with Crippen LogP contribution in [0.5, 0.6) is 0 Å². The third-order valence-corrected chi connectivity index (χ3v) is 6.55. The van der Waals surface area contributed by atoms with Gasteiger partial charge in [-0.05, 0) is 26.7 Å². The lowest BCUT2D eigenvalue weighted by Gasteiger charge is -2.23. The van der Waals surface area contributed by atoms with Gasteiger partial charge in [0.25, 0.3) is 10.1 Å². The molecule has 3 aliphatic heterocycles. The molecule has 5 atom stereocenters. The van der Waals surface area contributed by atoms with Crippen molar-refractivity contribution in [2.75, 3.05) is 13.2 Å². The summed E-state index contributed by atoms with van der Waals surface area (Å²) in [6.07, 6.45) is -0.520. The van der Waals surface area contributed by atoms with Gasteiger partial charge in [0, 0.05) is 0 Å². The molecule has 126 valence electrons. The fourth-order valence-corrected chi connectivity index (χ4v) is 4.73. The molecule has 3 saturated heterocycles. The Labute approximate surface area is 130 Å². The summed E-state index contributed by atoms with van der Waals surface area (Å²) in [7, 11) is -3.52. The SMILES string of the molecule is CCC(C)(C)C(=O)OCCOC1C2CC3C(O2)C1OS3(=O)=O. The second kappa shape index (κ2) is 5.43. The Morgan fingerprint density at radius 3 is 2.68 bits per heavy atom. The molecule has 0 spiro atoms. The first-order valence-corrected chi connectivity index (χ1v) is 9.10. The van der Waals surface area contributed by atoms with Gasteiger partial charge in [-0.2, -0.15) is 8.42 Å². The topological polar surface area (TPSA) is 88.1 Å². The van der Waals surface area contributed by atoms with Crippen LogP contribution in [-0.4, -0.2) is 57.3 Å². The van der Waals surface area contributed by atoms with E-state index in [4.69, 9.17) is 18.4 Å². The van der Waals surface area contributed by atoms with Crippen molar-refractivity contribution < 1.29 is 31.6 Å². The van der Waals surface area contributed by atoms with E-state index < -0.39 is 39.1 Å². The molecular weight excluding hydrogens is 312 g/mol. The molecule has 3 fully saturated rings. The van der Waals surface area contributed by atoms with Crippen LogP contribution in [0.25, 0.3) is 0 Å². The number of esters is 1. The fourth-order valence-electron chi connectivity index (χ4n) is 3.09. The minimum Gasteiger partial charge on any atom is -0.463 e. The highest BCUT2D eigenvalue weighted by molar-refractivity contribution is 7.87. The molecule has 0 aromatic carbocycles. The van der Waals surface area contributed by atoms with Crippen molar-refractivity contribution in [3.8, 4) is 0 Å². The molecule has 0 radical (unpaired) electrons. The lowest BCUT2D eigenvalue weighted by Crippen LogP contribution is -2.41. The highest BCUT2D eigenvalue weighted by Crippen LogP contribution is 2.47. The van der Waals surface area contributed by atoms with E-state index in [9.17, 15) is 13.2 Å². The summed E-state index contributed by atoms with van der Waals surface area (Å²) in [4.78, 5) is 11.8. The lowest BCUT2D eigenvalue weighted by molar-refractivity contribution is -0.157. The van der Waals surface area contributed by atoms with E-state index in [1.807, 2.05) is 20.8 Å². The molecule has 3 aliphatic rings. The van der Waals surface area contributed by atoms with E-state index in [0.717, 1.165) is 0 Å². The molecule has 22 heavy (non-hydrogen) atoms. The normalized spacial score (nSPS) is 38.4. The number of carbonyl (C=O) groups is 1. The summed E-state index contributed by atoms with van der Waals surface area (Å²) < 4.78 is 45.1. The fraction of sp³-hybridized carbons (Fsp3) is 0.929. The van der Waals surface area contributed by atoms with Crippen LogP contribution < -0.4 is 0 Å². The van der Waals surface area contributed by atoms with Crippen LogP contribution in [0.1, 0.15) is 33.6 Å². The second-order valence-electron chi connectivity index (χ2n) is 6.68. The third kappa shape index (κ3) is 2.55. The van der Waals surface area contributed by atoms with Crippen LogP contribution in [0.3, 0.4) is 0 Å². The summed E-state index contributed by atoms with van der Waals surface area (Å²) in [6, 6.07) is 0. The van der Waals surface area contributed by atoms with E-state index in [0.29, 0.717) is 12.8 Å². The van der Waals surface area contributed by atoms with Crippen molar-refractivity contribution >= 4 is 16.1 Å². The average Bonchev–Trinajstić information content (AvgIpc) is 3.06. The van der Waals surface area contributed by atoms with Gasteiger partial charge in [-0.25, -0.2) is 0 Å². The Bertz CT molecular complexity index is 556. The van der Waals surface area contributed by atoms with Gasteiger partial charge < -0.3 is 14.2 Å². The highest BCUT2D eigenvalue weighted by atomic mass is 32.2. The summed E-state index contributed by atoms with van der Waals surface area (Å²) in [5.74, 6) is -0.262. The maximum atomic E-state index is 11.8. The molecular formula is C14H22O7S. The molecule has 0 aromatic rings. The Morgan fingerprint density at radius 1 is 1.27 bits per heavy atom. The van der Waals surface area contributed by atoms with Gasteiger partial charge in [-0.15, -0.1) is 0 Å². The number of fused-ring (bicyclic) bond motifs is 1. The van der Waals surface area contributed by atoms with Crippen LogP contribution in [-0.2, 0) is 33.3 Å². The molecule has 0 aliphatic carbocycles. The summed E-state index contributed by atoms with van der Waals surface area (Å²) in [5.41, 5.74) is -0.509. The first kappa shape index (κ1) is 16.2. The third-order valence-electron chi connectivity index (χ3n) is 4.86. The summed E-state index contributed by atoms with van der Waals surface area (Å²) >= 11 is 0. The van der Waals surface area contributed by atoms with Crippen molar-refractivity contribution in [2.24, 2.45) is 5.41 Å². The van der Waals surface area contributed by atoms with Gasteiger partial charge in [-0.1, -0.05) is 6.92 Å². The number of carbonyl (C=O) groups excluding carboxylic acids is 1. The monoisotopic (exact) mass is 334 g/mol. The summed E-state index contributed by atoms with van der Waals surface area (Å²) in [6.45, 7) is 5.93. The average molecular weight is 334 g/mol. The summed E-state index contributed by atoms with van der Waals surface area (Å²) in [5, 5.41) is -0.550. The lowest BCUT2D eigenvalue weighted by atomic mass is 9.91. The number of rotatable bonds is 6. The largest absolute Gasteiger partial charge is 0.463 e. The predicted octanol–water partition coefficient (Wildman–Crippen LogP) is 0.619. The maximum Gasteiger partial charge on any atom is 0.311 e. The van der Waals surface area contributed by atoms with Crippen molar-refractivity contribution in [1.82, 2.24) is 0 Å². The molecule has 5 unspecified atom stereocenters. The zero-order valence-corrected chi connectivity index (χ0v) is 13.8. The number of ether oxygens (including phenoxy) is 3. The van der Waals surface area contributed by atoms with E-state index >= 15 is 0 Å². The first-order chi connectivity index (χ1) is 10.3. The molecule has 7 nitrogen and oxygen atoms in total. The standard InChI is InChI=1S/C14H22O7S/c1-4-14(2,3)13(15)19-6-5-18-10-8-7-9-11(20-8)12(10)21-22(9,16)17/h8-12H,4-7H2,1-3H3. The molecule has 2 bridgehead atoms. The van der Waals surface area contributed by atoms with E-state index in [2.05, 4.69) is 0 Å². The van der Waals surface area contributed by atoms with Gasteiger partial charge in [0.1, 0.15) is 30.2 Å². The molecule has 0 amide bonds. The van der Waals surface area contributed by atoms with Crippen molar-refractivity contribution in [3.05, 3.63) is 0 Å². The minimum atomic E-state index is -3.52. The number of hydrogen-bond acceptors (Lipinski definition) is 7. The molecule has 3 rings (SSSR count). The van der Waals surface area contributed by atoms with Gasteiger partial charge in [0.15, 0.2) is 0 Å². The van der Waals surface area contributed by atoms with Crippen LogP contribution in [0.4, 0.5) is 0 Å². The van der Waals surface area contributed by atoms with Gasteiger partial charge in [0.05, 0.1) is 18.1 Å². The molecule has 8 heteroatoms. The smallest absolute Gasteiger partial charge is 0.311 e. The van der Waals surface area contributed by atoms with Crippen molar-refractivity contribution in [2.45, 2.75) is 63.3 Å². The molecule has 0 N–H and O–H groups in total. The Kier molecular flexibility index (Phi) is 3.99. The Balaban J connectivity index is 1.47. The zero-order chi connectivity index (χ0) is 16.1. The maximum absolute atomic E-state index is 11.8. The van der Waals surface area contributed by atoms with Gasteiger partial charge in [-0.3, -0.25) is 8.98 Å². The Hall–Kier alpha value is -0.700. The highest BCUT2D eigenvalue weighted by Gasteiger charge is 2.66. The quantitative estimate of drug-likeness (QED) is 0.400. The van der Waals surface area contributed by atoms with Gasteiger partial charge >= 0.3 is 5.97 Å². The first-order valence-electron chi connectivity index (χ1n) is 7.62. The zero-order valence-electron chi connectivity index (χ0n) is 13.0. The van der Waals surface area contributed by atoms with E-state index in [1.54, 1.807) is 0 Å². The number of hydrogen-bond donors (Lipinski definition) is 0. The van der Waals surface area contributed by atoms with E-state index in [-0.39, 0.29) is 25.3 Å². The Morgan fingerprint density at radius 2 is 2.00 bits per heavy atom. The van der Waals surface area contributed by atoms with E-state index in [1.165, 1.54) is 0 Å². The minimum absolute atomic E-state index is 0.138. The van der Waals surface area contributed by atoms with Crippen molar-refractivity contribution in [3.63, 3.8) is 0 Å².